The third-order valence-corrected chi connectivity index (χ3v) is 14.6. The number of nitrogens with one attached hydrogen (secondary N) is 2. The number of ether oxygens (including phenoxy) is 1. The summed E-state index contributed by atoms with van der Waals surface area (Å²) >= 11 is 5.37. The van der Waals surface area contributed by atoms with Crippen LogP contribution in [-0.4, -0.2) is 89.2 Å². The number of fused-ring (bicyclic) bond motifs is 1. The Kier molecular flexibility index (Phi) is 23.9. The summed E-state index contributed by atoms with van der Waals surface area (Å²) in [4.78, 5) is 48.0. The number of phosphoric ester groups is 1. The quantitative estimate of drug-likeness (QED) is 0.0629. The van der Waals surface area contributed by atoms with Crippen molar-refractivity contribution in [2.24, 2.45) is 0 Å². The molecule has 0 aliphatic rings. The zero-order valence-electron chi connectivity index (χ0n) is 37.2. The lowest BCUT2D eigenvalue weighted by molar-refractivity contribution is 0.0454. The van der Waals surface area contributed by atoms with E-state index in [4.69, 9.17) is 26.6 Å². The summed E-state index contributed by atoms with van der Waals surface area (Å²) in [5.41, 5.74) is 5.43. The molecule has 0 aliphatic heterocycles. The first kappa shape index (κ1) is 53.0. The van der Waals surface area contributed by atoms with E-state index in [0.717, 1.165) is 17.2 Å². The fourth-order valence-corrected chi connectivity index (χ4v) is 9.82. The minimum Gasteiger partial charge on any atom is -0.369 e. The van der Waals surface area contributed by atoms with Gasteiger partial charge in [0.05, 0.1) is 25.9 Å². The Morgan fingerprint density at radius 1 is 0.773 bits per heavy atom. The van der Waals surface area contributed by atoms with Gasteiger partial charge in [-0.25, -0.2) is 24.5 Å². The molecule has 0 spiro atoms. The second-order valence-corrected chi connectivity index (χ2v) is 19.3. The fraction of sp³-hybridized carbons (Fsp3) is 0.217. The standard InChI is InChI=1S/C18H15P.C10H8N2S2.C9H14N5O6P.C6H15N.C3H4N2/c1-4-10-16(11-5-1)19(17-12-6-2-7-13-17)18-14-8-3-9-15-18;13-14(9-5-1-3-7-11-9)10-6-2-4-8-12-10;1-18-21(16,17)20-3-2-19-5-14-4-11-6-7(14)12-9(10)13-8(6)15;1-4-7(5-2)6-3;1-2-5-3-4-1/h1-15H;1-8H;4H,2-3,5H2,1H3,(H,16,17)(H3,10,12,13,15);4-6H2,1-3H3;1-3H,(H,4,5). The number of imidazole rings is 2. The van der Waals surface area contributed by atoms with Crippen molar-refractivity contribution in [2.75, 3.05) is 45.7 Å². The van der Waals surface area contributed by atoms with E-state index in [1.807, 2.05) is 36.4 Å². The number of aromatic amines is 2. The van der Waals surface area contributed by atoms with Crippen LogP contribution in [0.15, 0.2) is 180 Å². The topological polar surface area (TPSA) is 212 Å². The van der Waals surface area contributed by atoms with Crippen molar-refractivity contribution in [2.45, 2.75) is 37.6 Å². The molecule has 0 fully saturated rings. The van der Waals surface area contributed by atoms with Crippen molar-refractivity contribution >= 4 is 69.4 Å². The van der Waals surface area contributed by atoms with Gasteiger partial charge < -0.3 is 25.2 Å². The highest BCUT2D eigenvalue weighted by Gasteiger charge is 2.18. The van der Waals surface area contributed by atoms with Crippen molar-refractivity contribution in [1.82, 2.24) is 44.4 Å². The minimum atomic E-state index is -4.00. The normalized spacial score (nSPS) is 11.5. The number of nitrogen functional groups attached to an aromatic ring is 1. The smallest absolute Gasteiger partial charge is 0.369 e. The Bertz CT molecular complexity index is 2480. The van der Waals surface area contributed by atoms with Crippen LogP contribution in [0.3, 0.4) is 0 Å². The summed E-state index contributed by atoms with van der Waals surface area (Å²) in [5.74, 6) is -0.0288. The maximum absolute atomic E-state index is 11.5. The SMILES string of the molecule is CCN(CC)CC.COP(=O)(O)OCCOCn1cnc2c(=O)[nH]c(N)nc21.S=S(c1ccccn1)c1ccccn1.c1c[nH]cn1.c1ccc(P(c2ccccc2)c2ccccc2)cc1. The molecular weight excluding hydrogens is 915 g/mol. The summed E-state index contributed by atoms with van der Waals surface area (Å²) in [6, 6.07) is 43.8. The first-order chi connectivity index (χ1) is 32.1. The van der Waals surface area contributed by atoms with Gasteiger partial charge >= 0.3 is 7.82 Å². The zero-order chi connectivity index (χ0) is 47.4. The number of H-pyrrole nitrogens is 2. The number of anilines is 1. The van der Waals surface area contributed by atoms with E-state index in [9.17, 15) is 9.36 Å². The first-order valence-corrected chi connectivity index (χ1v) is 25.7. The largest absolute Gasteiger partial charge is 0.471 e. The van der Waals surface area contributed by atoms with Crippen molar-refractivity contribution in [1.29, 1.82) is 0 Å². The molecule has 0 bridgehead atoms. The molecule has 3 aromatic carbocycles. The van der Waals surface area contributed by atoms with E-state index in [2.05, 4.69) is 161 Å². The summed E-state index contributed by atoms with van der Waals surface area (Å²) in [6.45, 7) is 10.1. The summed E-state index contributed by atoms with van der Waals surface area (Å²) in [7, 11) is -3.82. The Hall–Kier alpha value is -5.65. The Morgan fingerprint density at radius 2 is 1.29 bits per heavy atom. The molecule has 0 saturated carbocycles. The maximum Gasteiger partial charge on any atom is 0.471 e. The second kappa shape index (κ2) is 29.8. The zero-order valence-corrected chi connectivity index (χ0v) is 40.7. The van der Waals surface area contributed by atoms with E-state index in [1.54, 1.807) is 31.1 Å². The Morgan fingerprint density at radius 3 is 1.68 bits per heavy atom. The van der Waals surface area contributed by atoms with Crippen LogP contribution >= 0.6 is 15.7 Å². The van der Waals surface area contributed by atoms with Crippen molar-refractivity contribution in [3.8, 4) is 0 Å². The summed E-state index contributed by atoms with van der Waals surface area (Å²) < 4.78 is 26.5. The van der Waals surface area contributed by atoms with Crippen LogP contribution in [0.25, 0.3) is 11.2 Å². The molecule has 1 unspecified atom stereocenters. The molecule has 5 N–H and O–H groups in total. The average Bonchev–Trinajstić information content (AvgIpc) is 4.09. The van der Waals surface area contributed by atoms with Gasteiger partial charge in [0.2, 0.25) is 5.95 Å². The Balaban J connectivity index is 0.000000194. The van der Waals surface area contributed by atoms with E-state index >= 15 is 0 Å². The number of nitrogens with two attached hydrogens (primary N) is 1. The summed E-state index contributed by atoms with van der Waals surface area (Å²) in [5, 5.41) is 6.00. The van der Waals surface area contributed by atoms with E-state index in [1.165, 1.54) is 46.4 Å². The highest BCUT2D eigenvalue weighted by atomic mass is 32.8. The third kappa shape index (κ3) is 18.3. The Labute approximate surface area is 393 Å². The van der Waals surface area contributed by atoms with Crippen molar-refractivity contribution < 1.29 is 23.2 Å². The monoisotopic (exact) mass is 970 g/mol. The van der Waals surface area contributed by atoms with Crippen molar-refractivity contribution in [3.05, 3.63) is 175 Å². The van der Waals surface area contributed by atoms with Gasteiger partial charge in [0.1, 0.15) is 16.8 Å². The molecule has 0 saturated heterocycles. The van der Waals surface area contributed by atoms with Crippen LogP contribution in [-0.2, 0) is 45.7 Å². The molecule has 5 aromatic heterocycles. The van der Waals surface area contributed by atoms with Crippen LogP contribution in [0.1, 0.15) is 20.8 Å². The predicted octanol–water partition coefficient (Wildman–Crippen LogP) is 6.62. The number of hydrogen-bond acceptors (Lipinski definition) is 13. The lowest BCUT2D eigenvalue weighted by atomic mass is 10.4. The van der Waals surface area contributed by atoms with E-state index in [-0.39, 0.29) is 37.1 Å². The molecule has 0 amide bonds. The highest BCUT2D eigenvalue weighted by molar-refractivity contribution is 8.28. The number of nitrogens with zero attached hydrogens (tertiary/aromatic N) is 7. The summed E-state index contributed by atoms with van der Waals surface area (Å²) in [6.07, 6.45) is 9.97. The number of pyridine rings is 2. The van der Waals surface area contributed by atoms with Crippen LogP contribution in [0.5, 0.6) is 0 Å². The molecule has 16 nitrogen and oxygen atoms in total. The molecule has 8 rings (SSSR count). The van der Waals surface area contributed by atoms with E-state index < -0.39 is 30.8 Å². The lowest BCUT2D eigenvalue weighted by Gasteiger charge is -2.18. The first-order valence-electron chi connectivity index (χ1n) is 20.8. The second-order valence-electron chi connectivity index (χ2n) is 13.2. The van der Waals surface area contributed by atoms with Gasteiger partial charge in [-0.2, -0.15) is 4.98 Å². The minimum absolute atomic E-state index is 0.0263. The fourth-order valence-electron chi connectivity index (χ4n) is 5.58. The van der Waals surface area contributed by atoms with Gasteiger partial charge in [-0.3, -0.25) is 23.4 Å². The van der Waals surface area contributed by atoms with Gasteiger partial charge in [-0.05, 0) is 88.4 Å². The number of rotatable bonds is 15. The maximum atomic E-state index is 11.5. The number of benzene rings is 3. The van der Waals surface area contributed by atoms with Crippen LogP contribution in [0, 0.1) is 0 Å². The van der Waals surface area contributed by atoms with Crippen LogP contribution in [0.4, 0.5) is 5.95 Å². The van der Waals surface area contributed by atoms with Gasteiger partial charge in [0.25, 0.3) is 5.56 Å². The molecule has 5 heterocycles. The van der Waals surface area contributed by atoms with Crippen LogP contribution < -0.4 is 27.2 Å². The molecule has 8 aromatic rings. The predicted molar refractivity (Wildman–Crippen MR) is 268 cm³/mol. The van der Waals surface area contributed by atoms with Gasteiger partial charge in [0.15, 0.2) is 11.2 Å². The lowest BCUT2D eigenvalue weighted by Crippen LogP contribution is -2.21. The van der Waals surface area contributed by atoms with Gasteiger partial charge in [-0.15, -0.1) is 0 Å². The molecular formula is C46H56N10O6P2S2. The van der Waals surface area contributed by atoms with Gasteiger partial charge in [0, 0.05) is 31.9 Å². The molecule has 0 radical (unpaired) electrons. The average molecular weight is 971 g/mol. The molecule has 348 valence electrons. The molecule has 0 aliphatic carbocycles. The number of phosphoric acid groups is 1. The molecule has 20 heteroatoms. The number of aromatic nitrogens is 8. The third-order valence-electron chi connectivity index (χ3n) is 8.88. The van der Waals surface area contributed by atoms with Crippen LogP contribution in [0.2, 0.25) is 0 Å². The van der Waals surface area contributed by atoms with E-state index in [0.29, 0.717) is 0 Å². The number of hydrogen-bond donors (Lipinski definition) is 4. The van der Waals surface area contributed by atoms with Crippen molar-refractivity contribution in [3.63, 3.8) is 0 Å². The van der Waals surface area contributed by atoms with Gasteiger partial charge in [-0.1, -0.05) is 124 Å². The molecule has 66 heavy (non-hydrogen) atoms. The molecule has 1 atom stereocenters. The highest BCUT2D eigenvalue weighted by Crippen LogP contribution is 2.41.